The first-order chi connectivity index (χ1) is 48.2. The fourth-order valence-corrected chi connectivity index (χ4v) is 13.5. The fraction of sp³-hybridized carbons (Fsp3) is 0.329. The Morgan fingerprint density at radius 3 is 1.14 bits per heavy atom. The van der Waals surface area contributed by atoms with Crippen LogP contribution in [0.5, 0.6) is 17.2 Å². The third-order valence-corrected chi connectivity index (χ3v) is 19.1. The highest BCUT2D eigenvalue weighted by molar-refractivity contribution is 7.54. The molecule has 9 aromatic rings. The predicted molar refractivity (Wildman–Crippen MR) is 388 cm³/mol. The molecule has 2 atom stereocenters. The smallest absolute Gasteiger partial charge is 0.338 e. The molecule has 27 heteroatoms. The van der Waals surface area contributed by atoms with Crippen molar-refractivity contribution in [3.63, 3.8) is 0 Å². The van der Waals surface area contributed by atoms with Crippen molar-refractivity contribution < 1.29 is 55.4 Å². The number of hydrogen-bond acceptors (Lipinski definition) is 20. The molecule has 100 heavy (non-hydrogen) atoms. The van der Waals surface area contributed by atoms with Crippen LogP contribution in [0, 0.1) is 17.5 Å². The number of likely N-dealkylation sites (tertiary alicyclic amines) is 2. The van der Waals surface area contributed by atoms with Gasteiger partial charge in [0, 0.05) is 99.5 Å². The summed E-state index contributed by atoms with van der Waals surface area (Å²) in [5.74, 6) is 1.42. The fourth-order valence-electron chi connectivity index (χ4n) is 11.4. The number of hydrogen-bond donors (Lipinski definition) is 3. The van der Waals surface area contributed by atoms with E-state index in [9.17, 15) is 32.1 Å². The maximum absolute atomic E-state index is 13.5. The Morgan fingerprint density at radius 2 is 0.840 bits per heavy atom. The quantitative estimate of drug-likeness (QED) is 0.0305. The van der Waals surface area contributed by atoms with Gasteiger partial charge >= 0.3 is 7.60 Å². The number of nitrogens with one attached hydrogen (secondary N) is 3. The lowest BCUT2D eigenvalue weighted by Crippen LogP contribution is -2.22. The molecular weight excluding hydrogens is 1370 g/mol. The highest BCUT2D eigenvalue weighted by Crippen LogP contribution is 2.48. The first-order valence-electron chi connectivity index (χ1n) is 32.8. The van der Waals surface area contributed by atoms with Crippen molar-refractivity contribution in [1.82, 2.24) is 39.7 Å². The molecule has 11 rings (SSSR count). The Labute approximate surface area is 593 Å². The zero-order valence-corrected chi connectivity index (χ0v) is 59.6. The van der Waals surface area contributed by atoms with E-state index in [4.69, 9.17) is 58.1 Å². The summed E-state index contributed by atoms with van der Waals surface area (Å²) in [6, 6.07) is 24.4. The molecule has 20 nitrogen and oxygen atoms in total. The molecule has 0 radical (unpaired) electrons. The highest BCUT2D eigenvalue weighted by Gasteiger charge is 2.29. The summed E-state index contributed by atoms with van der Waals surface area (Å²) < 4.78 is 81.2. The summed E-state index contributed by atoms with van der Waals surface area (Å²) in [7, 11) is 0.625. The van der Waals surface area contributed by atoms with Crippen LogP contribution in [-0.2, 0) is 47.3 Å². The first kappa shape index (κ1) is 75.6. The molecule has 0 amide bonds. The minimum Gasteiger partial charge on any atom is -0.494 e. The van der Waals surface area contributed by atoms with Crippen molar-refractivity contribution in [2.24, 2.45) is 0 Å². The summed E-state index contributed by atoms with van der Waals surface area (Å²) in [5.41, 5.74) is 5.74. The van der Waals surface area contributed by atoms with Gasteiger partial charge < -0.3 is 39.2 Å². The zero-order valence-electron chi connectivity index (χ0n) is 56.4. The van der Waals surface area contributed by atoms with Crippen molar-refractivity contribution in [3.05, 3.63) is 183 Å². The minimum atomic E-state index is -3.53. The Hall–Kier alpha value is -8.64. The van der Waals surface area contributed by atoms with Crippen LogP contribution < -0.4 is 30.2 Å². The number of rotatable bonds is 28. The average molecular weight is 1450 g/mol. The number of nitrogens with zero attached hydrogens (tertiary/aromatic N) is 8. The van der Waals surface area contributed by atoms with E-state index >= 15 is 0 Å². The molecule has 2 aliphatic heterocycles. The van der Waals surface area contributed by atoms with Gasteiger partial charge in [-0.3, -0.25) is 28.7 Å². The van der Waals surface area contributed by atoms with Crippen molar-refractivity contribution in [1.29, 1.82) is 0 Å². The van der Waals surface area contributed by atoms with Gasteiger partial charge in [0.2, 0.25) is 0 Å². The Kier molecular flexibility index (Phi) is 27.3. The van der Waals surface area contributed by atoms with Crippen LogP contribution >= 0.6 is 42.4 Å². The van der Waals surface area contributed by atoms with E-state index in [1.807, 2.05) is 57.2 Å². The average Bonchev–Trinajstić information content (AvgIpc) is 0.909. The molecule has 3 N–H and O–H groups in total. The van der Waals surface area contributed by atoms with Crippen LogP contribution in [0.4, 0.5) is 47.7 Å². The van der Waals surface area contributed by atoms with Gasteiger partial charge in [0.05, 0.1) is 64.7 Å². The predicted octanol–water partition coefficient (Wildman–Crippen LogP) is 16.6. The number of carbonyl (C=O) groups is 3. The number of carbonyl (C=O) groups excluding carboxylic acids is 3. The van der Waals surface area contributed by atoms with E-state index in [0.717, 1.165) is 60.7 Å². The first-order valence-corrected chi connectivity index (χ1v) is 35.6. The number of anilines is 6. The largest absolute Gasteiger partial charge is 0.494 e. The Morgan fingerprint density at radius 1 is 0.500 bits per heavy atom. The monoisotopic (exact) mass is 1450 g/mol. The number of aromatic nitrogens is 6. The van der Waals surface area contributed by atoms with Gasteiger partial charge in [0.1, 0.15) is 83.1 Å². The molecule has 0 unspecified atom stereocenters. The van der Waals surface area contributed by atoms with E-state index in [-0.39, 0.29) is 71.1 Å². The maximum Gasteiger partial charge on any atom is 0.338 e. The SMILES string of the molecule is CCOc1cc2ncnc(Nc3ccc(F)c(Cl)c3)c2cc1CC(=O)/C=C/[C@H]1CCCN1C.CCOc1cc2ncnc(Nc3ccc(F)c(Cl)c3)c2cc1CC(=O)/C=C/[C@H]1CCCN1C.CCOc1cc2ncnc(Nc3ccc(F)c(Cl)c3)c2cc1CC(=O)CP(=O)(OCC)OCC. The summed E-state index contributed by atoms with van der Waals surface area (Å²) in [4.78, 5) is 68.8. The Bertz CT molecular complexity index is 4330. The number of halogens is 6. The maximum atomic E-state index is 13.5. The molecule has 6 aromatic carbocycles. The lowest BCUT2D eigenvalue weighted by atomic mass is 10.0. The van der Waals surface area contributed by atoms with Crippen LogP contribution in [0.1, 0.15) is 77.0 Å². The van der Waals surface area contributed by atoms with Gasteiger partial charge in [-0.25, -0.2) is 43.1 Å². The number of ether oxygens (including phenoxy) is 3. The number of benzene rings is 6. The summed E-state index contributed by atoms with van der Waals surface area (Å²) >= 11 is 17.7. The number of likely N-dealkylation sites (N-methyl/N-ethyl adjacent to an activating group) is 2. The van der Waals surface area contributed by atoms with Crippen molar-refractivity contribution >= 4 is 127 Å². The number of allylic oxidation sites excluding steroid dienone is 2. The van der Waals surface area contributed by atoms with Crippen LogP contribution in [0.25, 0.3) is 32.7 Å². The van der Waals surface area contributed by atoms with Gasteiger partial charge in [-0.1, -0.05) is 47.0 Å². The van der Waals surface area contributed by atoms with Crippen molar-refractivity contribution in [3.8, 4) is 17.2 Å². The van der Waals surface area contributed by atoms with Gasteiger partial charge in [-0.2, -0.15) is 0 Å². The second-order valence-corrected chi connectivity index (χ2v) is 26.6. The van der Waals surface area contributed by atoms with Gasteiger partial charge in [0.25, 0.3) is 0 Å². The van der Waals surface area contributed by atoms with Crippen LogP contribution in [0.3, 0.4) is 0 Å². The standard InChI is InChI=1S/2C25H26ClFN4O2.C23H26ClFN3O5P/c2*1-3-33-24-14-23-20(12-16(24)11-19(32)8-7-18-5-4-10-31(18)2)25(29-15-28-23)30-17-6-9-22(27)21(26)13-17;1-4-31-22-12-21-18(10-15(22)9-17(29)13-34(30,32-5-2)33-6-3)23(27-14-26-21)28-16-7-8-20(25)19(24)11-16/h2*6-9,12-15,18H,3-5,10-11H2,1-2H3,(H,28,29,30);7-8,10-12,14H,4-6,9,13H2,1-3H3,(H,26,27,28)/b2*8-7+;/t2*18-;/m11./s1. The zero-order chi connectivity index (χ0) is 71.5. The molecule has 0 saturated carbocycles. The van der Waals surface area contributed by atoms with E-state index in [1.54, 1.807) is 50.3 Å². The van der Waals surface area contributed by atoms with Gasteiger partial charge in [0.15, 0.2) is 11.6 Å². The lowest BCUT2D eigenvalue weighted by Gasteiger charge is -2.17. The summed E-state index contributed by atoms with van der Waals surface area (Å²) in [6.07, 6.45) is 16.0. The minimum absolute atomic E-state index is 0.00674. The molecule has 0 spiro atoms. The molecule has 5 heterocycles. The van der Waals surface area contributed by atoms with Gasteiger partial charge in [-0.05, 0) is 172 Å². The summed E-state index contributed by atoms with van der Waals surface area (Å²) in [6.45, 7) is 12.8. The number of Topliss-reactive ketones (excluding diaryl/α,β-unsaturated/α-hetero) is 1. The van der Waals surface area contributed by atoms with Crippen LogP contribution in [0.2, 0.25) is 15.1 Å². The molecule has 2 saturated heterocycles. The third kappa shape index (κ3) is 20.5. The number of fused-ring (bicyclic) bond motifs is 3. The van der Waals surface area contributed by atoms with Crippen LogP contribution in [0.15, 0.2) is 134 Å². The third-order valence-electron chi connectivity index (χ3n) is 16.2. The van der Waals surface area contributed by atoms with E-state index in [2.05, 4.69) is 69.7 Å². The van der Waals surface area contributed by atoms with Crippen molar-refractivity contribution in [2.75, 3.05) is 82.3 Å². The molecule has 2 fully saturated rings. The van der Waals surface area contributed by atoms with Crippen LogP contribution in [-0.4, -0.2) is 136 Å². The Balaban J connectivity index is 0.000000175. The molecule has 2 aliphatic rings. The molecule has 526 valence electrons. The normalized spacial score (nSPS) is 14.8. The van der Waals surface area contributed by atoms with Gasteiger partial charge in [-0.15, -0.1) is 0 Å². The molecule has 3 aromatic heterocycles. The molecular formula is C73H78Cl3F3N11O9P. The number of ketones is 3. The molecule has 0 bridgehead atoms. The highest BCUT2D eigenvalue weighted by atomic mass is 35.5. The lowest BCUT2D eigenvalue weighted by molar-refractivity contribution is -0.116. The molecule has 0 aliphatic carbocycles. The van der Waals surface area contributed by atoms with E-state index in [1.165, 1.54) is 61.4 Å². The van der Waals surface area contributed by atoms with Crippen molar-refractivity contribution in [2.45, 2.75) is 91.6 Å². The van der Waals surface area contributed by atoms with E-state index in [0.29, 0.717) is 111 Å². The topological polar surface area (TPSA) is 234 Å². The second kappa shape index (κ2) is 36.1. The second-order valence-electron chi connectivity index (χ2n) is 23.4. The van der Waals surface area contributed by atoms with E-state index < -0.39 is 25.0 Å². The summed E-state index contributed by atoms with van der Waals surface area (Å²) in [5, 5.41) is 11.5.